The predicted octanol–water partition coefficient (Wildman–Crippen LogP) is 1.07. The Morgan fingerprint density at radius 1 is 1.59 bits per heavy atom. The summed E-state index contributed by atoms with van der Waals surface area (Å²) in [6.45, 7) is 3.58. The lowest BCUT2D eigenvalue weighted by molar-refractivity contribution is 0.0833. The van der Waals surface area contributed by atoms with Gasteiger partial charge in [-0.05, 0) is 25.5 Å². The molecule has 0 saturated heterocycles. The molecule has 0 fully saturated rings. The largest absolute Gasteiger partial charge is 0.505 e. The standard InChI is InChI=1S/C12H18N2O3/c1-3-6-12(2,8-15)14-11(17)10-9(16)5-4-7-13-10/h4-5,7,15-16H,3,6,8H2,1-2H3,(H,14,17)/t12-/m1/s1. The molecule has 0 unspecified atom stereocenters. The summed E-state index contributed by atoms with van der Waals surface area (Å²) in [7, 11) is 0. The molecule has 0 aliphatic carbocycles. The highest BCUT2D eigenvalue weighted by atomic mass is 16.3. The first-order valence-electron chi connectivity index (χ1n) is 5.60. The maximum atomic E-state index is 11.9. The molecular weight excluding hydrogens is 220 g/mol. The highest BCUT2D eigenvalue weighted by Gasteiger charge is 2.26. The molecule has 3 N–H and O–H groups in total. The molecule has 5 heteroatoms. The smallest absolute Gasteiger partial charge is 0.274 e. The first-order chi connectivity index (χ1) is 8.02. The van der Waals surface area contributed by atoms with Gasteiger partial charge >= 0.3 is 0 Å². The Balaban J connectivity index is 2.82. The number of carbonyl (C=O) groups excluding carboxylic acids is 1. The van der Waals surface area contributed by atoms with Crippen LogP contribution in [0.5, 0.6) is 5.75 Å². The second kappa shape index (κ2) is 5.63. The summed E-state index contributed by atoms with van der Waals surface area (Å²) in [6.07, 6.45) is 2.93. The van der Waals surface area contributed by atoms with Crippen LogP contribution in [0.1, 0.15) is 37.2 Å². The van der Waals surface area contributed by atoms with Crippen LogP contribution in [0.4, 0.5) is 0 Å². The minimum Gasteiger partial charge on any atom is -0.505 e. The summed E-state index contributed by atoms with van der Waals surface area (Å²) in [5, 5.41) is 21.5. The molecule has 0 aliphatic rings. The molecule has 0 spiro atoms. The van der Waals surface area contributed by atoms with E-state index in [1.807, 2.05) is 6.92 Å². The van der Waals surface area contributed by atoms with Crippen molar-refractivity contribution in [2.24, 2.45) is 0 Å². The molecule has 1 amide bonds. The van der Waals surface area contributed by atoms with E-state index in [2.05, 4.69) is 10.3 Å². The third-order valence-corrected chi connectivity index (χ3v) is 2.57. The zero-order valence-electron chi connectivity index (χ0n) is 10.1. The summed E-state index contributed by atoms with van der Waals surface area (Å²) in [5.74, 6) is -0.644. The van der Waals surface area contributed by atoms with Crippen molar-refractivity contribution in [2.45, 2.75) is 32.2 Å². The van der Waals surface area contributed by atoms with Gasteiger partial charge in [0.25, 0.3) is 5.91 Å². The molecular formula is C12H18N2O3. The number of amides is 1. The number of nitrogens with one attached hydrogen (secondary N) is 1. The monoisotopic (exact) mass is 238 g/mol. The summed E-state index contributed by atoms with van der Waals surface area (Å²) in [4.78, 5) is 15.7. The Kier molecular flexibility index (Phi) is 4.45. The molecule has 1 aromatic heterocycles. The van der Waals surface area contributed by atoms with Crippen molar-refractivity contribution in [3.63, 3.8) is 0 Å². The van der Waals surface area contributed by atoms with Crippen molar-refractivity contribution in [1.29, 1.82) is 0 Å². The molecule has 0 aromatic carbocycles. The zero-order chi connectivity index (χ0) is 12.9. The Labute approximate surface area is 101 Å². The Morgan fingerprint density at radius 2 is 2.29 bits per heavy atom. The summed E-state index contributed by atoms with van der Waals surface area (Å²) < 4.78 is 0. The minimum absolute atomic E-state index is 0.0247. The highest BCUT2D eigenvalue weighted by Crippen LogP contribution is 2.16. The van der Waals surface area contributed by atoms with Crippen LogP contribution in [-0.4, -0.2) is 33.3 Å². The van der Waals surface area contributed by atoms with E-state index in [9.17, 15) is 15.0 Å². The molecule has 1 heterocycles. The van der Waals surface area contributed by atoms with E-state index in [1.165, 1.54) is 12.3 Å². The van der Waals surface area contributed by atoms with Crippen LogP contribution < -0.4 is 5.32 Å². The van der Waals surface area contributed by atoms with Gasteiger partial charge in [0.05, 0.1) is 12.1 Å². The molecule has 0 aliphatic heterocycles. The lowest BCUT2D eigenvalue weighted by atomic mass is 9.97. The van der Waals surface area contributed by atoms with E-state index in [1.54, 1.807) is 13.0 Å². The van der Waals surface area contributed by atoms with Crippen molar-refractivity contribution in [3.8, 4) is 5.75 Å². The summed E-state index contributed by atoms with van der Waals surface area (Å²) >= 11 is 0. The van der Waals surface area contributed by atoms with Gasteiger partial charge in [0, 0.05) is 6.20 Å². The van der Waals surface area contributed by atoms with Gasteiger partial charge in [-0.3, -0.25) is 4.79 Å². The number of aromatic hydroxyl groups is 1. The first kappa shape index (κ1) is 13.4. The van der Waals surface area contributed by atoms with Crippen molar-refractivity contribution in [2.75, 3.05) is 6.61 Å². The fraction of sp³-hybridized carbons (Fsp3) is 0.500. The first-order valence-corrected chi connectivity index (χ1v) is 5.60. The van der Waals surface area contributed by atoms with E-state index < -0.39 is 11.4 Å². The van der Waals surface area contributed by atoms with Gasteiger partial charge in [-0.25, -0.2) is 4.98 Å². The molecule has 0 radical (unpaired) electrons. The number of hydrogen-bond acceptors (Lipinski definition) is 4. The molecule has 1 rings (SSSR count). The van der Waals surface area contributed by atoms with Crippen LogP contribution in [-0.2, 0) is 0 Å². The zero-order valence-corrected chi connectivity index (χ0v) is 10.1. The van der Waals surface area contributed by atoms with Gasteiger partial charge in [-0.1, -0.05) is 13.3 Å². The topological polar surface area (TPSA) is 82.5 Å². The Hall–Kier alpha value is -1.62. The van der Waals surface area contributed by atoms with Crippen LogP contribution in [0.15, 0.2) is 18.3 Å². The number of aliphatic hydroxyl groups is 1. The van der Waals surface area contributed by atoms with E-state index >= 15 is 0 Å². The van der Waals surface area contributed by atoms with Crippen LogP contribution in [0, 0.1) is 0 Å². The van der Waals surface area contributed by atoms with Gasteiger partial charge in [-0.2, -0.15) is 0 Å². The maximum absolute atomic E-state index is 11.9. The number of nitrogens with zero attached hydrogens (tertiary/aromatic N) is 1. The van der Waals surface area contributed by atoms with Gasteiger partial charge in [-0.15, -0.1) is 0 Å². The van der Waals surface area contributed by atoms with E-state index in [0.29, 0.717) is 6.42 Å². The highest BCUT2D eigenvalue weighted by molar-refractivity contribution is 5.95. The second-order valence-corrected chi connectivity index (χ2v) is 4.29. The molecule has 1 atom stereocenters. The van der Waals surface area contributed by atoms with Crippen LogP contribution in [0.2, 0.25) is 0 Å². The second-order valence-electron chi connectivity index (χ2n) is 4.29. The van der Waals surface area contributed by atoms with Gasteiger partial charge in [0.1, 0.15) is 5.75 Å². The Morgan fingerprint density at radius 3 is 2.82 bits per heavy atom. The predicted molar refractivity (Wildman–Crippen MR) is 63.8 cm³/mol. The fourth-order valence-electron chi connectivity index (χ4n) is 1.64. The van der Waals surface area contributed by atoms with Crippen molar-refractivity contribution in [3.05, 3.63) is 24.0 Å². The average molecular weight is 238 g/mol. The summed E-state index contributed by atoms with van der Waals surface area (Å²) in [6, 6.07) is 2.95. The van der Waals surface area contributed by atoms with Crippen molar-refractivity contribution in [1.82, 2.24) is 10.3 Å². The molecule has 94 valence electrons. The van der Waals surface area contributed by atoms with Gasteiger partial charge in [0.2, 0.25) is 0 Å². The number of aliphatic hydroxyl groups excluding tert-OH is 1. The third-order valence-electron chi connectivity index (χ3n) is 2.57. The van der Waals surface area contributed by atoms with Crippen LogP contribution in [0.3, 0.4) is 0 Å². The fourth-order valence-corrected chi connectivity index (χ4v) is 1.64. The number of rotatable bonds is 5. The molecule has 5 nitrogen and oxygen atoms in total. The number of carbonyl (C=O) groups is 1. The Bertz CT molecular complexity index is 395. The third kappa shape index (κ3) is 3.42. The van der Waals surface area contributed by atoms with Gasteiger partial charge in [0.15, 0.2) is 5.69 Å². The molecule has 0 bridgehead atoms. The van der Waals surface area contributed by atoms with E-state index in [4.69, 9.17) is 0 Å². The lowest BCUT2D eigenvalue weighted by Gasteiger charge is -2.28. The van der Waals surface area contributed by atoms with E-state index in [0.717, 1.165) is 6.42 Å². The molecule has 1 aromatic rings. The minimum atomic E-state index is -0.685. The average Bonchev–Trinajstić information content (AvgIpc) is 2.29. The van der Waals surface area contributed by atoms with Crippen molar-refractivity contribution < 1.29 is 15.0 Å². The van der Waals surface area contributed by atoms with Crippen LogP contribution in [0.25, 0.3) is 0 Å². The number of pyridine rings is 1. The lowest BCUT2D eigenvalue weighted by Crippen LogP contribution is -2.49. The summed E-state index contributed by atoms with van der Waals surface area (Å²) in [5.41, 5.74) is -0.709. The van der Waals surface area contributed by atoms with Gasteiger partial charge < -0.3 is 15.5 Å². The van der Waals surface area contributed by atoms with Crippen LogP contribution >= 0.6 is 0 Å². The molecule has 17 heavy (non-hydrogen) atoms. The maximum Gasteiger partial charge on any atom is 0.274 e. The normalized spacial score (nSPS) is 14.1. The number of aromatic nitrogens is 1. The SMILES string of the molecule is CCC[C@](C)(CO)NC(=O)c1ncccc1O. The molecule has 0 saturated carbocycles. The number of hydrogen-bond donors (Lipinski definition) is 3. The van der Waals surface area contributed by atoms with E-state index in [-0.39, 0.29) is 18.1 Å². The quantitative estimate of drug-likeness (QED) is 0.716. The van der Waals surface area contributed by atoms with Crippen molar-refractivity contribution >= 4 is 5.91 Å².